The van der Waals surface area contributed by atoms with Gasteiger partial charge in [-0.2, -0.15) is 13.2 Å². The zero-order valence-corrected chi connectivity index (χ0v) is 9.19. The highest BCUT2D eigenvalue weighted by atomic mass is 35.5. The van der Waals surface area contributed by atoms with Crippen LogP contribution >= 0.6 is 11.6 Å². The number of aromatic amines is 1. The maximum atomic E-state index is 12.3. The molecule has 1 amide bonds. The molecule has 0 aliphatic heterocycles. The van der Waals surface area contributed by atoms with Crippen molar-refractivity contribution in [3.05, 3.63) is 22.1 Å². The number of carbonyl (C=O) groups excluding carboxylic acids is 1. The number of hydrogen-bond donors (Lipinski definition) is 2. The predicted octanol–water partition coefficient (Wildman–Crippen LogP) is 1.35. The molecule has 1 atom stereocenters. The van der Waals surface area contributed by atoms with E-state index in [-0.39, 0.29) is 0 Å². The number of nitrogens with zero attached hydrogens (tertiary/aromatic N) is 1. The number of H-pyrrole nitrogens is 1. The average Bonchev–Trinajstić information content (AvgIpc) is 2.15. The third kappa shape index (κ3) is 3.74. The van der Waals surface area contributed by atoms with Gasteiger partial charge in [0.15, 0.2) is 5.69 Å². The molecule has 0 saturated heterocycles. The summed E-state index contributed by atoms with van der Waals surface area (Å²) in [5.74, 6) is -1.36. The smallest absolute Gasteiger partial charge is 0.295 e. The number of halogens is 4. The van der Waals surface area contributed by atoms with Gasteiger partial charge in [-0.1, -0.05) is 0 Å². The summed E-state index contributed by atoms with van der Waals surface area (Å²) in [6.07, 6.45) is -4.76. The maximum Gasteiger partial charge on any atom is 0.433 e. The minimum atomic E-state index is -4.76. The van der Waals surface area contributed by atoms with E-state index in [1.165, 1.54) is 6.92 Å². The number of rotatable bonds is 2. The molecule has 1 aromatic rings. The average molecular weight is 270 g/mol. The van der Waals surface area contributed by atoms with Crippen LogP contribution in [0.25, 0.3) is 0 Å². The molecular formula is C8H7ClF3N3O2. The fourth-order valence-electron chi connectivity index (χ4n) is 0.878. The van der Waals surface area contributed by atoms with Crippen molar-refractivity contribution in [1.29, 1.82) is 0 Å². The Balaban J connectivity index is 3.07. The molecule has 0 fully saturated rings. The van der Waals surface area contributed by atoms with Crippen LogP contribution in [-0.4, -0.2) is 21.3 Å². The third-order valence-electron chi connectivity index (χ3n) is 1.63. The minimum Gasteiger partial charge on any atom is -0.295 e. The molecule has 0 radical (unpaired) electrons. The van der Waals surface area contributed by atoms with Crippen LogP contribution < -0.4 is 10.9 Å². The number of hydrogen-bond acceptors (Lipinski definition) is 3. The number of amides is 1. The summed E-state index contributed by atoms with van der Waals surface area (Å²) >= 11 is 5.39. The molecule has 94 valence electrons. The molecule has 2 N–H and O–H groups in total. The quantitative estimate of drug-likeness (QED) is 0.796. The molecule has 9 heteroatoms. The Kier molecular flexibility index (Phi) is 3.76. The largest absolute Gasteiger partial charge is 0.433 e. The van der Waals surface area contributed by atoms with Crippen molar-refractivity contribution < 1.29 is 18.0 Å². The second kappa shape index (κ2) is 4.74. The zero-order chi connectivity index (χ0) is 13.2. The lowest BCUT2D eigenvalue weighted by atomic mass is 10.4. The van der Waals surface area contributed by atoms with E-state index in [2.05, 4.69) is 4.98 Å². The van der Waals surface area contributed by atoms with Crippen molar-refractivity contribution in [2.75, 3.05) is 5.32 Å². The first-order valence-electron chi connectivity index (χ1n) is 4.33. The highest BCUT2D eigenvalue weighted by molar-refractivity contribution is 6.32. The molecule has 17 heavy (non-hydrogen) atoms. The molecular weight excluding hydrogens is 263 g/mol. The Morgan fingerprint density at radius 2 is 2.18 bits per heavy atom. The van der Waals surface area contributed by atoms with E-state index in [4.69, 9.17) is 11.6 Å². The Bertz CT molecular complexity index is 484. The first kappa shape index (κ1) is 13.5. The van der Waals surface area contributed by atoms with E-state index in [1.807, 2.05) is 10.3 Å². The van der Waals surface area contributed by atoms with Gasteiger partial charge in [-0.25, -0.2) is 4.98 Å². The van der Waals surface area contributed by atoms with Gasteiger partial charge in [0.2, 0.25) is 11.9 Å². The highest BCUT2D eigenvalue weighted by Crippen LogP contribution is 2.26. The van der Waals surface area contributed by atoms with Gasteiger partial charge in [0.1, 0.15) is 5.38 Å². The van der Waals surface area contributed by atoms with E-state index >= 15 is 0 Å². The van der Waals surface area contributed by atoms with Crippen molar-refractivity contribution in [2.24, 2.45) is 0 Å². The van der Waals surface area contributed by atoms with Crippen molar-refractivity contribution >= 4 is 23.5 Å². The molecule has 1 aromatic heterocycles. The summed E-state index contributed by atoms with van der Waals surface area (Å²) < 4.78 is 36.9. The predicted molar refractivity (Wildman–Crippen MR) is 53.8 cm³/mol. The van der Waals surface area contributed by atoms with Gasteiger partial charge in [0, 0.05) is 6.07 Å². The number of alkyl halides is 4. The standard InChI is InChI=1S/C8H7ClF3N3O2/c1-3(9)6(17)15-7-13-4(8(10,11)12)2-5(16)14-7/h2-3H,1H3,(H2,13,14,15,16,17). The molecule has 0 saturated carbocycles. The van der Waals surface area contributed by atoms with Crippen LogP contribution in [0.15, 0.2) is 10.9 Å². The summed E-state index contributed by atoms with van der Waals surface area (Å²) in [6, 6.07) is 0.291. The fourth-order valence-corrected chi connectivity index (χ4v) is 0.933. The lowest BCUT2D eigenvalue weighted by Crippen LogP contribution is -2.25. The van der Waals surface area contributed by atoms with Crippen molar-refractivity contribution in [1.82, 2.24) is 9.97 Å². The Labute approximate surface area is 98.0 Å². The van der Waals surface area contributed by atoms with Crippen LogP contribution in [0.1, 0.15) is 12.6 Å². The zero-order valence-electron chi connectivity index (χ0n) is 8.43. The van der Waals surface area contributed by atoms with Gasteiger partial charge in [-0.05, 0) is 6.92 Å². The molecule has 0 aliphatic rings. The normalized spacial score (nSPS) is 13.2. The molecule has 5 nitrogen and oxygen atoms in total. The molecule has 1 heterocycles. The Hall–Kier alpha value is -1.57. The van der Waals surface area contributed by atoms with Gasteiger partial charge in [0.25, 0.3) is 5.56 Å². The third-order valence-corrected chi connectivity index (χ3v) is 1.83. The fraction of sp³-hybridized carbons (Fsp3) is 0.375. The van der Waals surface area contributed by atoms with E-state index in [9.17, 15) is 22.8 Å². The van der Waals surface area contributed by atoms with Crippen LogP contribution in [0, 0.1) is 0 Å². The summed E-state index contributed by atoms with van der Waals surface area (Å²) in [7, 11) is 0. The topological polar surface area (TPSA) is 74.8 Å². The number of nitrogens with one attached hydrogen (secondary N) is 2. The number of anilines is 1. The monoisotopic (exact) mass is 269 g/mol. The van der Waals surface area contributed by atoms with Crippen LogP contribution in [0.2, 0.25) is 0 Å². The van der Waals surface area contributed by atoms with Crippen LogP contribution in [0.5, 0.6) is 0 Å². The van der Waals surface area contributed by atoms with E-state index in [0.29, 0.717) is 6.07 Å². The Morgan fingerprint density at radius 3 is 2.65 bits per heavy atom. The van der Waals surface area contributed by atoms with E-state index in [1.54, 1.807) is 0 Å². The molecule has 1 rings (SSSR count). The summed E-state index contributed by atoms with van der Waals surface area (Å²) in [5.41, 5.74) is -2.41. The van der Waals surface area contributed by atoms with Crippen molar-refractivity contribution in [3.63, 3.8) is 0 Å². The molecule has 0 spiro atoms. The summed E-state index contributed by atoms with van der Waals surface area (Å²) in [4.78, 5) is 27.0. The number of carbonyl (C=O) groups is 1. The van der Waals surface area contributed by atoms with Crippen LogP contribution in [0.4, 0.5) is 19.1 Å². The van der Waals surface area contributed by atoms with Crippen LogP contribution in [0.3, 0.4) is 0 Å². The van der Waals surface area contributed by atoms with Gasteiger partial charge in [0.05, 0.1) is 0 Å². The lowest BCUT2D eigenvalue weighted by Gasteiger charge is -2.08. The van der Waals surface area contributed by atoms with Gasteiger partial charge < -0.3 is 0 Å². The van der Waals surface area contributed by atoms with Crippen molar-refractivity contribution in [2.45, 2.75) is 18.5 Å². The number of aromatic nitrogens is 2. The van der Waals surface area contributed by atoms with Gasteiger partial charge in [-0.15, -0.1) is 11.6 Å². The first-order chi connectivity index (χ1) is 7.70. The van der Waals surface area contributed by atoms with Crippen molar-refractivity contribution in [3.8, 4) is 0 Å². The lowest BCUT2D eigenvalue weighted by molar-refractivity contribution is -0.141. The first-order valence-corrected chi connectivity index (χ1v) is 4.77. The second-order valence-electron chi connectivity index (χ2n) is 3.08. The SMILES string of the molecule is CC(Cl)C(=O)Nc1nc(C(F)(F)F)cc(=O)[nH]1. The van der Waals surface area contributed by atoms with E-state index < -0.39 is 34.7 Å². The summed E-state index contributed by atoms with van der Waals surface area (Å²) in [5, 5.41) is 0.994. The highest BCUT2D eigenvalue weighted by Gasteiger charge is 2.33. The van der Waals surface area contributed by atoms with Crippen LogP contribution in [-0.2, 0) is 11.0 Å². The molecule has 0 bridgehead atoms. The maximum absolute atomic E-state index is 12.3. The molecule has 1 unspecified atom stereocenters. The van der Waals surface area contributed by atoms with Gasteiger partial charge >= 0.3 is 6.18 Å². The Morgan fingerprint density at radius 1 is 1.59 bits per heavy atom. The van der Waals surface area contributed by atoms with Gasteiger partial charge in [-0.3, -0.25) is 19.9 Å². The molecule has 0 aromatic carbocycles. The second-order valence-corrected chi connectivity index (χ2v) is 3.74. The minimum absolute atomic E-state index is 0.291. The van der Waals surface area contributed by atoms with E-state index in [0.717, 1.165) is 0 Å². The summed E-state index contributed by atoms with van der Waals surface area (Å²) in [6.45, 7) is 1.32. The molecule has 0 aliphatic carbocycles.